The Kier molecular flexibility index (Phi) is 7.68. The van der Waals surface area contributed by atoms with Crippen molar-refractivity contribution < 1.29 is 9.53 Å². The fraction of sp³-hybridized carbons (Fsp3) is 0.591. The Balaban J connectivity index is 1.72. The zero-order valence-electron chi connectivity index (χ0n) is 18.3. The number of carbonyl (C=O) groups excluding carboxylic acids is 1. The van der Waals surface area contributed by atoms with Crippen molar-refractivity contribution in [2.75, 3.05) is 33.3 Å². The summed E-state index contributed by atoms with van der Waals surface area (Å²) in [6, 6.07) is 1.44. The van der Waals surface area contributed by atoms with E-state index in [2.05, 4.69) is 29.0 Å². The first-order valence-corrected chi connectivity index (χ1v) is 10.8. The van der Waals surface area contributed by atoms with Gasteiger partial charge in [0.2, 0.25) is 0 Å². The number of hydrogen-bond acceptors (Lipinski definition) is 5. The molecule has 0 radical (unpaired) electrons. The minimum absolute atomic E-state index is 0.107. The molecule has 3 rings (SSSR count). The number of carbonyl (C=O) groups is 1. The Labute approximate surface area is 177 Å². The third-order valence-electron chi connectivity index (χ3n) is 5.59. The van der Waals surface area contributed by atoms with Crippen LogP contribution in [0.5, 0.6) is 5.75 Å². The number of fused-ring (bicyclic) bond motifs is 1. The number of methoxy groups -OCH3 is 1. The van der Waals surface area contributed by atoms with Crippen molar-refractivity contribution in [3.05, 3.63) is 46.4 Å². The Morgan fingerprint density at radius 1 is 1.27 bits per heavy atom. The van der Waals surface area contributed by atoms with E-state index < -0.39 is 0 Å². The fourth-order valence-corrected chi connectivity index (χ4v) is 3.83. The minimum Gasteiger partial charge on any atom is -0.496 e. The minimum atomic E-state index is -0.183. The second-order valence-corrected chi connectivity index (χ2v) is 8.21. The molecule has 8 nitrogen and oxygen atoms in total. The SMILES string of the molecule is COc1cc(=O)n2c(c1C(=O)NCCCn1ccnc1)CCN(CCC(C)C)CC2. The molecular formula is C22H33N5O3. The summed E-state index contributed by atoms with van der Waals surface area (Å²) >= 11 is 0. The number of amides is 1. The highest BCUT2D eigenvalue weighted by Gasteiger charge is 2.25. The van der Waals surface area contributed by atoms with Gasteiger partial charge in [-0.1, -0.05) is 13.8 Å². The Morgan fingerprint density at radius 2 is 2.10 bits per heavy atom. The smallest absolute Gasteiger partial charge is 0.256 e. The van der Waals surface area contributed by atoms with E-state index in [1.807, 2.05) is 10.8 Å². The molecule has 0 fully saturated rings. The number of aromatic nitrogens is 3. The van der Waals surface area contributed by atoms with Crippen molar-refractivity contribution in [3.8, 4) is 5.75 Å². The van der Waals surface area contributed by atoms with Gasteiger partial charge in [0, 0.05) is 63.3 Å². The van der Waals surface area contributed by atoms with Gasteiger partial charge in [-0.15, -0.1) is 0 Å². The molecule has 0 aliphatic carbocycles. The van der Waals surface area contributed by atoms with Crippen LogP contribution in [0.15, 0.2) is 29.6 Å². The third-order valence-corrected chi connectivity index (χ3v) is 5.59. The monoisotopic (exact) mass is 415 g/mol. The van der Waals surface area contributed by atoms with E-state index in [1.54, 1.807) is 17.1 Å². The van der Waals surface area contributed by atoms with Gasteiger partial charge in [0.15, 0.2) is 0 Å². The van der Waals surface area contributed by atoms with Crippen LogP contribution in [-0.2, 0) is 19.5 Å². The van der Waals surface area contributed by atoms with Gasteiger partial charge in [-0.3, -0.25) is 9.59 Å². The van der Waals surface area contributed by atoms with E-state index in [0.717, 1.165) is 44.7 Å². The zero-order valence-corrected chi connectivity index (χ0v) is 18.3. The summed E-state index contributed by atoms with van der Waals surface area (Å²) in [6.07, 6.45) is 7.98. The largest absolute Gasteiger partial charge is 0.496 e. The van der Waals surface area contributed by atoms with Crippen molar-refractivity contribution in [3.63, 3.8) is 0 Å². The summed E-state index contributed by atoms with van der Waals surface area (Å²) < 4.78 is 9.15. The highest BCUT2D eigenvalue weighted by atomic mass is 16.5. The number of nitrogens with one attached hydrogen (secondary N) is 1. The predicted octanol–water partition coefficient (Wildman–Crippen LogP) is 1.78. The highest BCUT2D eigenvalue weighted by molar-refractivity contribution is 5.98. The first-order chi connectivity index (χ1) is 14.5. The molecule has 0 bridgehead atoms. The van der Waals surface area contributed by atoms with Crippen LogP contribution in [0.1, 0.15) is 42.7 Å². The quantitative estimate of drug-likeness (QED) is 0.632. The van der Waals surface area contributed by atoms with Crippen LogP contribution in [0.25, 0.3) is 0 Å². The summed E-state index contributed by atoms with van der Waals surface area (Å²) in [5.41, 5.74) is 1.16. The average molecular weight is 416 g/mol. The topological polar surface area (TPSA) is 81.4 Å². The molecule has 2 aromatic heterocycles. The normalized spacial score (nSPS) is 14.4. The lowest BCUT2D eigenvalue weighted by Gasteiger charge is -2.20. The second-order valence-electron chi connectivity index (χ2n) is 8.21. The zero-order chi connectivity index (χ0) is 21.5. The van der Waals surface area contributed by atoms with Crippen molar-refractivity contribution >= 4 is 5.91 Å². The molecule has 2 aromatic rings. The second kappa shape index (κ2) is 10.4. The van der Waals surface area contributed by atoms with E-state index in [9.17, 15) is 9.59 Å². The van der Waals surface area contributed by atoms with Crippen molar-refractivity contribution in [2.45, 2.75) is 46.2 Å². The first kappa shape index (κ1) is 22.1. The van der Waals surface area contributed by atoms with Gasteiger partial charge < -0.3 is 24.1 Å². The average Bonchev–Trinajstić information content (AvgIpc) is 3.15. The number of aryl methyl sites for hydroxylation is 1. The van der Waals surface area contributed by atoms with E-state index >= 15 is 0 Å². The van der Waals surface area contributed by atoms with E-state index in [1.165, 1.54) is 13.2 Å². The molecule has 0 saturated heterocycles. The lowest BCUT2D eigenvalue weighted by atomic mass is 10.1. The van der Waals surface area contributed by atoms with Crippen LogP contribution in [0, 0.1) is 5.92 Å². The Hall–Kier alpha value is -2.61. The van der Waals surface area contributed by atoms with E-state index in [0.29, 0.717) is 36.7 Å². The van der Waals surface area contributed by atoms with Gasteiger partial charge >= 0.3 is 0 Å². The maximum atomic E-state index is 13.0. The number of hydrogen-bond donors (Lipinski definition) is 1. The molecule has 0 spiro atoms. The van der Waals surface area contributed by atoms with Gasteiger partial charge in [0.25, 0.3) is 11.5 Å². The van der Waals surface area contributed by atoms with Crippen LogP contribution in [-0.4, -0.2) is 58.2 Å². The molecule has 0 saturated carbocycles. The van der Waals surface area contributed by atoms with Crippen LogP contribution >= 0.6 is 0 Å². The first-order valence-electron chi connectivity index (χ1n) is 10.8. The van der Waals surface area contributed by atoms with Crippen LogP contribution in [0.3, 0.4) is 0 Å². The highest BCUT2D eigenvalue weighted by Crippen LogP contribution is 2.23. The molecule has 3 heterocycles. The van der Waals surface area contributed by atoms with E-state index in [-0.39, 0.29) is 11.5 Å². The van der Waals surface area contributed by atoms with Gasteiger partial charge in [-0.25, -0.2) is 4.98 Å². The van der Waals surface area contributed by atoms with Crippen LogP contribution in [0.2, 0.25) is 0 Å². The van der Waals surface area contributed by atoms with Gasteiger partial charge in [-0.05, 0) is 25.3 Å². The molecule has 1 N–H and O–H groups in total. The lowest BCUT2D eigenvalue weighted by molar-refractivity contribution is 0.0947. The summed E-state index contributed by atoms with van der Waals surface area (Å²) in [5, 5.41) is 3.00. The maximum Gasteiger partial charge on any atom is 0.256 e. The summed E-state index contributed by atoms with van der Waals surface area (Å²) in [5.74, 6) is 0.813. The number of pyridine rings is 1. The fourth-order valence-electron chi connectivity index (χ4n) is 3.83. The number of nitrogens with zero attached hydrogens (tertiary/aromatic N) is 4. The third kappa shape index (κ3) is 5.50. The van der Waals surface area contributed by atoms with Crippen molar-refractivity contribution in [1.82, 2.24) is 24.3 Å². The molecule has 1 amide bonds. The lowest BCUT2D eigenvalue weighted by Crippen LogP contribution is -2.32. The Bertz CT molecular complexity index is 889. The molecule has 30 heavy (non-hydrogen) atoms. The molecule has 0 unspecified atom stereocenters. The molecule has 8 heteroatoms. The van der Waals surface area contributed by atoms with E-state index in [4.69, 9.17) is 4.74 Å². The van der Waals surface area contributed by atoms with Gasteiger partial charge in [-0.2, -0.15) is 0 Å². The summed E-state index contributed by atoms with van der Waals surface area (Å²) in [4.78, 5) is 32.1. The van der Waals surface area contributed by atoms with Crippen molar-refractivity contribution in [2.24, 2.45) is 5.92 Å². The molecule has 0 aromatic carbocycles. The van der Waals surface area contributed by atoms with Crippen LogP contribution < -0.4 is 15.6 Å². The van der Waals surface area contributed by atoms with Crippen molar-refractivity contribution in [1.29, 1.82) is 0 Å². The number of rotatable bonds is 9. The molecule has 1 aliphatic heterocycles. The van der Waals surface area contributed by atoms with Crippen LogP contribution in [0.4, 0.5) is 0 Å². The predicted molar refractivity (Wildman–Crippen MR) is 116 cm³/mol. The number of imidazole rings is 1. The van der Waals surface area contributed by atoms with Gasteiger partial charge in [0.05, 0.1) is 13.4 Å². The molecular weight excluding hydrogens is 382 g/mol. The molecule has 1 aliphatic rings. The Morgan fingerprint density at radius 3 is 2.80 bits per heavy atom. The summed E-state index contributed by atoms with van der Waals surface area (Å²) in [7, 11) is 1.51. The maximum absolute atomic E-state index is 13.0. The molecule has 164 valence electrons. The standard InChI is InChI=1S/C22H33N5O3/c1-17(2)5-10-25-11-6-18-21(19(30-3)15-20(28)27(18)14-13-25)22(29)24-7-4-9-26-12-8-23-16-26/h8,12,15-17H,4-7,9-11,13-14H2,1-3H3,(H,24,29). The van der Waals surface area contributed by atoms with Gasteiger partial charge in [0.1, 0.15) is 11.3 Å². The molecule has 0 atom stereocenters. The summed E-state index contributed by atoms with van der Waals surface area (Å²) in [6.45, 7) is 9.02. The number of ether oxygens (including phenoxy) is 1.